The van der Waals surface area contributed by atoms with Gasteiger partial charge in [-0.3, -0.25) is 4.79 Å². The van der Waals surface area contributed by atoms with E-state index in [-0.39, 0.29) is 17.9 Å². The largest absolute Gasteiger partial charge is 0.338 e. The van der Waals surface area contributed by atoms with Crippen molar-refractivity contribution in [3.05, 3.63) is 66.2 Å². The summed E-state index contributed by atoms with van der Waals surface area (Å²) in [5, 5.41) is 0. The Labute approximate surface area is 154 Å². The maximum absolute atomic E-state index is 12.8. The first-order valence-electron chi connectivity index (χ1n) is 8.94. The molecule has 2 aliphatic rings. The molecule has 136 valence electrons. The highest BCUT2D eigenvalue weighted by Gasteiger charge is 2.50. The molecule has 0 bridgehead atoms. The summed E-state index contributed by atoms with van der Waals surface area (Å²) < 4.78 is 27.1. The van der Waals surface area contributed by atoms with Crippen LogP contribution in [0.15, 0.2) is 65.6 Å². The number of hydrogen-bond acceptors (Lipinski definition) is 3. The average molecular weight is 370 g/mol. The van der Waals surface area contributed by atoms with Crippen LogP contribution in [0.4, 0.5) is 0 Å². The molecule has 0 saturated carbocycles. The van der Waals surface area contributed by atoms with E-state index in [0.29, 0.717) is 31.0 Å². The third kappa shape index (κ3) is 3.15. The molecule has 0 aromatic heterocycles. The molecule has 2 unspecified atom stereocenters. The number of sulfonamides is 1. The van der Waals surface area contributed by atoms with Gasteiger partial charge in [-0.15, -0.1) is 0 Å². The Balaban J connectivity index is 1.37. The van der Waals surface area contributed by atoms with Crippen LogP contribution in [0.5, 0.6) is 0 Å². The van der Waals surface area contributed by atoms with Crippen molar-refractivity contribution in [2.75, 3.05) is 19.6 Å². The van der Waals surface area contributed by atoms with Crippen molar-refractivity contribution < 1.29 is 13.2 Å². The van der Waals surface area contributed by atoms with Gasteiger partial charge in [-0.2, -0.15) is 4.31 Å². The number of carbonyl (C=O) groups excluding carboxylic acids is 1. The average Bonchev–Trinajstić information content (AvgIpc) is 2.99. The van der Waals surface area contributed by atoms with Crippen LogP contribution in [0.25, 0.3) is 0 Å². The van der Waals surface area contributed by atoms with Crippen molar-refractivity contribution >= 4 is 15.9 Å². The summed E-state index contributed by atoms with van der Waals surface area (Å²) in [6.07, 6.45) is 1.19. The molecule has 6 heteroatoms. The fourth-order valence-electron chi connectivity index (χ4n) is 3.86. The highest BCUT2D eigenvalue weighted by Crippen LogP contribution is 2.35. The molecular formula is C20H22N2O3S. The van der Waals surface area contributed by atoms with E-state index >= 15 is 0 Å². The fraction of sp³-hybridized carbons (Fsp3) is 0.350. The monoisotopic (exact) mass is 370 g/mol. The maximum atomic E-state index is 12.8. The zero-order valence-electron chi connectivity index (χ0n) is 14.5. The highest BCUT2D eigenvalue weighted by molar-refractivity contribution is 7.89. The predicted molar refractivity (Wildman–Crippen MR) is 99.0 cm³/mol. The van der Waals surface area contributed by atoms with Crippen LogP contribution in [-0.4, -0.2) is 49.2 Å². The quantitative estimate of drug-likeness (QED) is 0.810. The van der Waals surface area contributed by atoms with E-state index in [0.717, 1.165) is 12.0 Å². The number of carbonyl (C=O) groups is 1. The third-order valence-corrected chi connectivity index (χ3v) is 7.22. The summed E-state index contributed by atoms with van der Waals surface area (Å²) >= 11 is 0. The summed E-state index contributed by atoms with van der Waals surface area (Å²) in [6.45, 7) is 1.57. The second-order valence-electron chi connectivity index (χ2n) is 6.99. The van der Waals surface area contributed by atoms with Gasteiger partial charge in [-0.05, 0) is 24.1 Å². The molecule has 0 spiro atoms. The normalized spacial score (nSPS) is 22.7. The van der Waals surface area contributed by atoms with E-state index in [2.05, 4.69) is 0 Å². The van der Waals surface area contributed by atoms with Crippen LogP contribution in [0, 0.1) is 5.92 Å². The first-order chi connectivity index (χ1) is 12.6. The van der Waals surface area contributed by atoms with Crippen molar-refractivity contribution in [1.29, 1.82) is 0 Å². The van der Waals surface area contributed by atoms with E-state index in [1.54, 1.807) is 30.3 Å². The number of likely N-dealkylation sites (tertiary alicyclic amines) is 1. The molecule has 2 aromatic carbocycles. The number of rotatable bonds is 5. The number of benzene rings is 2. The van der Waals surface area contributed by atoms with Crippen LogP contribution < -0.4 is 0 Å². The smallest absolute Gasteiger partial charge is 0.243 e. The maximum Gasteiger partial charge on any atom is 0.243 e. The van der Waals surface area contributed by atoms with Crippen LogP contribution in [0.2, 0.25) is 0 Å². The molecule has 1 amide bonds. The van der Waals surface area contributed by atoms with Gasteiger partial charge in [0.25, 0.3) is 0 Å². The van der Waals surface area contributed by atoms with Crippen LogP contribution in [0.3, 0.4) is 0 Å². The van der Waals surface area contributed by atoms with Crippen LogP contribution in [0.1, 0.15) is 12.0 Å². The Hall–Kier alpha value is -2.18. The lowest BCUT2D eigenvalue weighted by molar-refractivity contribution is -0.141. The van der Waals surface area contributed by atoms with Gasteiger partial charge in [0.1, 0.15) is 0 Å². The highest BCUT2D eigenvalue weighted by atomic mass is 32.2. The number of nitrogens with zero attached hydrogens (tertiary/aromatic N) is 2. The standard InChI is InChI=1S/C20H22N2O3S/c23-20(12-11-16-7-3-1-4-8-16)22-14-17-13-21(15-19(17)22)26(24,25)18-9-5-2-6-10-18/h1-10,17,19H,11-15H2. The van der Waals surface area contributed by atoms with Crippen LogP contribution in [-0.2, 0) is 21.2 Å². The summed E-state index contributed by atoms with van der Waals surface area (Å²) in [5.41, 5.74) is 1.15. The summed E-state index contributed by atoms with van der Waals surface area (Å²) in [6, 6.07) is 18.5. The number of amides is 1. The molecule has 4 rings (SSSR count). The SMILES string of the molecule is O=C(CCc1ccccc1)N1CC2CN(S(=O)(=O)c3ccccc3)CC21. The van der Waals surface area contributed by atoms with E-state index in [1.807, 2.05) is 35.2 Å². The Morgan fingerprint density at radius 2 is 1.58 bits per heavy atom. The summed E-state index contributed by atoms with van der Waals surface area (Å²) in [5.74, 6) is 0.378. The van der Waals surface area contributed by atoms with Gasteiger partial charge in [0, 0.05) is 32.0 Å². The lowest BCUT2D eigenvalue weighted by Gasteiger charge is -2.43. The first-order valence-corrected chi connectivity index (χ1v) is 10.4. The molecule has 2 atom stereocenters. The fourth-order valence-corrected chi connectivity index (χ4v) is 5.40. The van der Waals surface area contributed by atoms with Crippen molar-refractivity contribution in [2.45, 2.75) is 23.8 Å². The van der Waals surface area contributed by atoms with E-state index < -0.39 is 10.0 Å². The topological polar surface area (TPSA) is 57.7 Å². The minimum absolute atomic E-state index is 0.0248. The molecule has 2 fully saturated rings. The van der Waals surface area contributed by atoms with Gasteiger partial charge < -0.3 is 4.90 Å². The van der Waals surface area contributed by atoms with E-state index in [4.69, 9.17) is 0 Å². The lowest BCUT2D eigenvalue weighted by Crippen LogP contribution is -2.58. The Morgan fingerprint density at radius 1 is 0.923 bits per heavy atom. The van der Waals surface area contributed by atoms with Gasteiger partial charge in [-0.1, -0.05) is 48.5 Å². The molecule has 2 saturated heterocycles. The second kappa shape index (κ2) is 6.85. The molecule has 0 N–H and O–H groups in total. The number of hydrogen-bond donors (Lipinski definition) is 0. The molecule has 2 aromatic rings. The number of aryl methyl sites for hydroxylation is 1. The van der Waals surface area contributed by atoms with Gasteiger partial charge >= 0.3 is 0 Å². The Kier molecular flexibility index (Phi) is 4.54. The summed E-state index contributed by atoms with van der Waals surface area (Å²) in [4.78, 5) is 14.7. The minimum Gasteiger partial charge on any atom is -0.338 e. The third-order valence-electron chi connectivity index (χ3n) is 5.38. The van der Waals surface area contributed by atoms with Gasteiger partial charge in [-0.25, -0.2) is 8.42 Å². The minimum atomic E-state index is -3.47. The Bertz CT molecular complexity index is 884. The van der Waals surface area contributed by atoms with Crippen molar-refractivity contribution in [1.82, 2.24) is 9.21 Å². The molecular weight excluding hydrogens is 348 g/mol. The van der Waals surface area contributed by atoms with E-state index in [9.17, 15) is 13.2 Å². The van der Waals surface area contributed by atoms with Crippen molar-refractivity contribution in [3.8, 4) is 0 Å². The van der Waals surface area contributed by atoms with Gasteiger partial charge in [0.15, 0.2) is 0 Å². The second-order valence-corrected chi connectivity index (χ2v) is 8.93. The molecule has 26 heavy (non-hydrogen) atoms. The molecule has 5 nitrogen and oxygen atoms in total. The zero-order valence-corrected chi connectivity index (χ0v) is 15.3. The van der Waals surface area contributed by atoms with Gasteiger partial charge in [0.2, 0.25) is 15.9 Å². The van der Waals surface area contributed by atoms with Crippen molar-refractivity contribution in [3.63, 3.8) is 0 Å². The van der Waals surface area contributed by atoms with Gasteiger partial charge in [0.05, 0.1) is 10.9 Å². The molecule has 0 aliphatic carbocycles. The molecule has 2 aliphatic heterocycles. The zero-order chi connectivity index (χ0) is 18.1. The van der Waals surface area contributed by atoms with E-state index in [1.165, 1.54) is 4.31 Å². The molecule has 2 heterocycles. The van der Waals surface area contributed by atoms with Crippen LogP contribution >= 0.6 is 0 Å². The number of fused-ring (bicyclic) bond motifs is 1. The predicted octanol–water partition coefficient (Wildman–Crippen LogP) is 2.15. The lowest BCUT2D eigenvalue weighted by atomic mass is 9.91. The first kappa shape index (κ1) is 17.2. The summed E-state index contributed by atoms with van der Waals surface area (Å²) in [7, 11) is -3.47. The molecule has 0 radical (unpaired) electrons. The Morgan fingerprint density at radius 3 is 2.27 bits per heavy atom. The van der Waals surface area contributed by atoms with Crippen molar-refractivity contribution in [2.24, 2.45) is 5.92 Å².